The number of aryl methyl sites for hydroxylation is 2. The molecule has 1 N–H and O–H groups in total. The maximum atomic E-state index is 12.1. The van der Waals surface area contributed by atoms with Crippen LogP contribution in [-0.2, 0) is 0 Å². The van der Waals surface area contributed by atoms with E-state index in [1.165, 1.54) is 0 Å². The summed E-state index contributed by atoms with van der Waals surface area (Å²) in [6, 6.07) is 12.9. The molecule has 92 valence electrons. The zero-order valence-electron chi connectivity index (χ0n) is 10.3. The third kappa shape index (κ3) is 2.90. The zero-order valence-corrected chi connectivity index (χ0v) is 11.1. The fraction of sp³-hybridized carbons (Fsp3) is 0.133. The molecule has 2 aromatic rings. The van der Waals surface area contributed by atoms with Crippen molar-refractivity contribution in [3.05, 3.63) is 64.2 Å². The summed E-state index contributed by atoms with van der Waals surface area (Å²) in [4.78, 5) is 12.1. The van der Waals surface area contributed by atoms with E-state index in [-0.39, 0.29) is 5.91 Å². The molecule has 18 heavy (non-hydrogen) atoms. The lowest BCUT2D eigenvalue weighted by molar-refractivity contribution is 0.102. The van der Waals surface area contributed by atoms with Gasteiger partial charge in [0.05, 0.1) is 0 Å². The molecule has 1 amide bonds. The molecule has 0 heterocycles. The summed E-state index contributed by atoms with van der Waals surface area (Å²) in [5.41, 5.74) is 3.49. The van der Waals surface area contributed by atoms with E-state index in [0.29, 0.717) is 16.3 Å². The van der Waals surface area contributed by atoms with Crippen LogP contribution in [0.1, 0.15) is 21.5 Å². The van der Waals surface area contributed by atoms with Crippen LogP contribution in [0.5, 0.6) is 0 Å². The van der Waals surface area contributed by atoms with Crippen LogP contribution in [0.2, 0.25) is 5.02 Å². The highest BCUT2D eigenvalue weighted by Gasteiger charge is 2.09. The van der Waals surface area contributed by atoms with Gasteiger partial charge in [-0.05, 0) is 43.7 Å². The number of anilines is 1. The lowest BCUT2D eigenvalue weighted by atomic mass is 10.1. The van der Waals surface area contributed by atoms with Crippen molar-refractivity contribution in [3.63, 3.8) is 0 Å². The van der Waals surface area contributed by atoms with Gasteiger partial charge in [0.15, 0.2) is 0 Å². The first-order chi connectivity index (χ1) is 8.56. The average molecular weight is 260 g/mol. The largest absolute Gasteiger partial charge is 0.322 e. The van der Waals surface area contributed by atoms with E-state index in [9.17, 15) is 4.79 Å². The van der Waals surface area contributed by atoms with E-state index >= 15 is 0 Å². The van der Waals surface area contributed by atoms with Crippen LogP contribution in [0.3, 0.4) is 0 Å². The van der Waals surface area contributed by atoms with Gasteiger partial charge in [-0.15, -0.1) is 0 Å². The Morgan fingerprint density at radius 2 is 1.89 bits per heavy atom. The molecule has 0 saturated carbocycles. The molecule has 2 nitrogen and oxygen atoms in total. The van der Waals surface area contributed by atoms with Crippen molar-refractivity contribution < 1.29 is 4.79 Å². The van der Waals surface area contributed by atoms with Gasteiger partial charge in [-0.3, -0.25) is 4.79 Å². The van der Waals surface area contributed by atoms with Gasteiger partial charge in [0.2, 0.25) is 0 Å². The molecule has 0 aliphatic rings. The quantitative estimate of drug-likeness (QED) is 0.860. The highest BCUT2D eigenvalue weighted by molar-refractivity contribution is 6.30. The van der Waals surface area contributed by atoms with Crippen molar-refractivity contribution in [3.8, 4) is 0 Å². The fourth-order valence-electron chi connectivity index (χ4n) is 1.83. The molecule has 2 aromatic carbocycles. The number of rotatable bonds is 2. The first-order valence-electron chi connectivity index (χ1n) is 5.70. The topological polar surface area (TPSA) is 29.1 Å². The Morgan fingerprint density at radius 1 is 1.11 bits per heavy atom. The minimum absolute atomic E-state index is 0.116. The first-order valence-corrected chi connectivity index (χ1v) is 6.08. The summed E-state index contributed by atoms with van der Waals surface area (Å²) >= 11 is 5.88. The van der Waals surface area contributed by atoms with Gasteiger partial charge < -0.3 is 5.32 Å². The van der Waals surface area contributed by atoms with E-state index in [1.54, 1.807) is 18.2 Å². The highest BCUT2D eigenvalue weighted by Crippen LogP contribution is 2.17. The van der Waals surface area contributed by atoms with Crippen LogP contribution < -0.4 is 5.32 Å². The van der Waals surface area contributed by atoms with Gasteiger partial charge in [-0.2, -0.15) is 0 Å². The second-order valence-corrected chi connectivity index (χ2v) is 4.72. The lowest BCUT2D eigenvalue weighted by Gasteiger charge is -2.08. The molecule has 0 aromatic heterocycles. The number of hydrogen-bond acceptors (Lipinski definition) is 1. The fourth-order valence-corrected chi connectivity index (χ4v) is 2.02. The van der Waals surface area contributed by atoms with E-state index in [4.69, 9.17) is 11.6 Å². The number of amides is 1. The highest BCUT2D eigenvalue weighted by atomic mass is 35.5. The van der Waals surface area contributed by atoms with E-state index in [2.05, 4.69) is 5.32 Å². The second kappa shape index (κ2) is 5.23. The van der Waals surface area contributed by atoms with Gasteiger partial charge in [0, 0.05) is 16.3 Å². The SMILES string of the molecule is Cc1ccc(C(=O)Nc2cccc(Cl)c2)c(C)c1. The van der Waals surface area contributed by atoms with Crippen LogP contribution >= 0.6 is 11.6 Å². The zero-order chi connectivity index (χ0) is 13.1. The standard InChI is InChI=1S/C15H14ClNO/c1-10-6-7-14(11(2)8-10)15(18)17-13-5-3-4-12(16)9-13/h3-9H,1-2H3,(H,17,18). The smallest absolute Gasteiger partial charge is 0.255 e. The molecule has 3 heteroatoms. The van der Waals surface area contributed by atoms with Crippen LogP contribution in [-0.4, -0.2) is 5.91 Å². The number of carbonyl (C=O) groups is 1. The van der Waals surface area contributed by atoms with Crippen LogP contribution in [0.25, 0.3) is 0 Å². The third-order valence-corrected chi connectivity index (χ3v) is 2.94. The summed E-state index contributed by atoms with van der Waals surface area (Å²) in [6.07, 6.45) is 0. The van der Waals surface area contributed by atoms with Gasteiger partial charge in [-0.1, -0.05) is 35.4 Å². The molecule has 0 radical (unpaired) electrons. The molecule has 0 unspecified atom stereocenters. The second-order valence-electron chi connectivity index (χ2n) is 4.28. The molecular formula is C15H14ClNO. The maximum absolute atomic E-state index is 12.1. The molecule has 0 atom stereocenters. The van der Waals surface area contributed by atoms with Crippen LogP contribution in [0.15, 0.2) is 42.5 Å². The molecular weight excluding hydrogens is 246 g/mol. The van der Waals surface area contributed by atoms with Crippen molar-refractivity contribution in [2.75, 3.05) is 5.32 Å². The maximum Gasteiger partial charge on any atom is 0.255 e. The van der Waals surface area contributed by atoms with E-state index in [0.717, 1.165) is 11.1 Å². The Kier molecular flexibility index (Phi) is 3.68. The first kappa shape index (κ1) is 12.7. The normalized spacial score (nSPS) is 10.2. The Morgan fingerprint density at radius 3 is 2.56 bits per heavy atom. The summed E-state index contributed by atoms with van der Waals surface area (Å²) in [7, 11) is 0. The summed E-state index contributed by atoms with van der Waals surface area (Å²) in [6.45, 7) is 3.94. The predicted molar refractivity (Wildman–Crippen MR) is 75.3 cm³/mol. The summed E-state index contributed by atoms with van der Waals surface area (Å²) < 4.78 is 0. The predicted octanol–water partition coefficient (Wildman–Crippen LogP) is 4.21. The molecule has 0 aliphatic carbocycles. The van der Waals surface area contributed by atoms with Gasteiger partial charge >= 0.3 is 0 Å². The molecule has 0 bridgehead atoms. The van der Waals surface area contributed by atoms with Crippen molar-refractivity contribution in [1.82, 2.24) is 0 Å². The van der Waals surface area contributed by atoms with Gasteiger partial charge in [0.25, 0.3) is 5.91 Å². The summed E-state index contributed by atoms with van der Waals surface area (Å²) in [5, 5.41) is 3.44. The average Bonchev–Trinajstić information content (AvgIpc) is 2.28. The number of nitrogens with one attached hydrogen (secondary N) is 1. The van der Waals surface area contributed by atoms with E-state index < -0.39 is 0 Å². The van der Waals surface area contributed by atoms with Gasteiger partial charge in [-0.25, -0.2) is 0 Å². The monoisotopic (exact) mass is 259 g/mol. The van der Waals surface area contributed by atoms with Crippen molar-refractivity contribution >= 4 is 23.2 Å². The molecule has 0 aliphatic heterocycles. The number of hydrogen-bond donors (Lipinski definition) is 1. The Hall–Kier alpha value is -1.80. The van der Waals surface area contributed by atoms with Gasteiger partial charge in [0.1, 0.15) is 0 Å². The Bertz CT molecular complexity index is 593. The van der Waals surface area contributed by atoms with Crippen LogP contribution in [0, 0.1) is 13.8 Å². The number of benzene rings is 2. The minimum Gasteiger partial charge on any atom is -0.322 e. The van der Waals surface area contributed by atoms with Crippen molar-refractivity contribution in [2.24, 2.45) is 0 Å². The van der Waals surface area contributed by atoms with Crippen LogP contribution in [0.4, 0.5) is 5.69 Å². The minimum atomic E-state index is -0.116. The molecule has 0 fully saturated rings. The number of carbonyl (C=O) groups excluding carboxylic acids is 1. The third-order valence-electron chi connectivity index (χ3n) is 2.71. The number of halogens is 1. The van der Waals surface area contributed by atoms with Crippen molar-refractivity contribution in [2.45, 2.75) is 13.8 Å². The summed E-state index contributed by atoms with van der Waals surface area (Å²) in [5.74, 6) is -0.116. The van der Waals surface area contributed by atoms with Crippen molar-refractivity contribution in [1.29, 1.82) is 0 Å². The lowest BCUT2D eigenvalue weighted by Crippen LogP contribution is -2.13. The Balaban J connectivity index is 2.22. The molecule has 2 rings (SSSR count). The molecule has 0 saturated heterocycles. The van der Waals surface area contributed by atoms with E-state index in [1.807, 2.05) is 38.1 Å². The Labute approximate surface area is 112 Å². The molecule has 0 spiro atoms.